The average Bonchev–Trinajstić information content (AvgIpc) is 3.21. The molecule has 0 amide bonds. The van der Waals surface area contributed by atoms with Gasteiger partial charge in [0.1, 0.15) is 11.2 Å². The third kappa shape index (κ3) is 5.11. The molecule has 2 aliphatic carbocycles. The van der Waals surface area contributed by atoms with Gasteiger partial charge >= 0.3 is 5.97 Å². The van der Waals surface area contributed by atoms with E-state index in [4.69, 9.17) is 9.97 Å². The van der Waals surface area contributed by atoms with Crippen LogP contribution in [0.4, 0.5) is 5.82 Å². The number of aromatic carboxylic acids is 1. The lowest BCUT2D eigenvalue weighted by Crippen LogP contribution is -2.31. The van der Waals surface area contributed by atoms with Gasteiger partial charge in [0.2, 0.25) is 5.82 Å². The van der Waals surface area contributed by atoms with Crippen molar-refractivity contribution in [1.82, 2.24) is 24.5 Å². The first-order valence-electron chi connectivity index (χ1n) is 13.8. The molecule has 2 N–H and O–H groups in total. The fourth-order valence-corrected chi connectivity index (χ4v) is 5.62. The number of carboxylic acids is 1. The fourth-order valence-electron chi connectivity index (χ4n) is 5.62. The highest BCUT2D eigenvalue weighted by Crippen LogP contribution is 2.36. The summed E-state index contributed by atoms with van der Waals surface area (Å²) in [6, 6.07) is 4.24. The number of carbonyl (C=O) groups is 1. The summed E-state index contributed by atoms with van der Waals surface area (Å²) in [6.07, 6.45) is 12.2. The Bertz CT molecular complexity index is 1320. The summed E-state index contributed by atoms with van der Waals surface area (Å²) >= 11 is 0. The van der Waals surface area contributed by atoms with E-state index in [-0.39, 0.29) is 17.8 Å². The first-order chi connectivity index (χ1) is 17.9. The summed E-state index contributed by atoms with van der Waals surface area (Å²) in [5.41, 5.74) is 4.65. The summed E-state index contributed by atoms with van der Waals surface area (Å²) < 4.78 is 2.21. The van der Waals surface area contributed by atoms with Crippen LogP contribution in [0.1, 0.15) is 94.7 Å². The van der Waals surface area contributed by atoms with Crippen molar-refractivity contribution in [2.24, 2.45) is 11.8 Å². The normalized spacial score (nSPS) is 19.1. The Balaban J connectivity index is 1.68. The van der Waals surface area contributed by atoms with Crippen LogP contribution in [0, 0.1) is 11.8 Å². The zero-order valence-corrected chi connectivity index (χ0v) is 22.4. The zero-order valence-electron chi connectivity index (χ0n) is 22.4. The van der Waals surface area contributed by atoms with Crippen molar-refractivity contribution in [3.63, 3.8) is 0 Å². The maximum atomic E-state index is 12.0. The van der Waals surface area contributed by atoms with Gasteiger partial charge in [0, 0.05) is 18.8 Å². The minimum atomic E-state index is -1.15. The van der Waals surface area contributed by atoms with Gasteiger partial charge in [0.25, 0.3) is 0 Å². The molecule has 0 radical (unpaired) electrons. The Morgan fingerprint density at radius 2 is 2.00 bits per heavy atom. The molecule has 2 atom stereocenters. The summed E-state index contributed by atoms with van der Waals surface area (Å²) in [5, 5.41) is 13.4. The molecular formula is C29H38N6O2. The predicted molar refractivity (Wildman–Crippen MR) is 146 cm³/mol. The van der Waals surface area contributed by atoms with Crippen molar-refractivity contribution >= 4 is 23.0 Å². The van der Waals surface area contributed by atoms with E-state index in [1.165, 1.54) is 24.8 Å². The second-order valence-corrected chi connectivity index (χ2v) is 11.0. The minimum absolute atomic E-state index is 0.186. The number of anilines is 1. The van der Waals surface area contributed by atoms with E-state index in [1.807, 2.05) is 6.07 Å². The Morgan fingerprint density at radius 3 is 2.62 bits per heavy atom. The molecular weight excluding hydrogens is 464 g/mol. The number of rotatable bonds is 9. The number of nitrogens with one attached hydrogen (secondary N) is 1. The second-order valence-electron chi connectivity index (χ2n) is 11.0. The minimum Gasteiger partial charge on any atom is -0.475 e. The number of allylic oxidation sites excluding steroid dienone is 2. The number of fused-ring (bicyclic) bond motifs is 1. The highest BCUT2D eigenvalue weighted by Gasteiger charge is 2.29. The topological polar surface area (TPSA) is 106 Å². The van der Waals surface area contributed by atoms with Crippen LogP contribution in [-0.2, 0) is 6.54 Å². The number of hydrogen-bond donors (Lipinski definition) is 2. The third-order valence-corrected chi connectivity index (χ3v) is 8.20. The lowest BCUT2D eigenvalue weighted by Gasteiger charge is -2.32. The number of aromatic nitrogens is 5. The molecule has 1 fully saturated rings. The SMILES string of the molecule is CCC1=CCC(Cn2c(-c3ncccc3C(C)C)nc3nc(C(=O)O)nc(N[C@H](C)C4CCC4)c32)CC1. The quantitative estimate of drug-likeness (QED) is 0.324. The highest BCUT2D eigenvalue weighted by molar-refractivity contribution is 5.92. The molecule has 0 spiro atoms. The Kier molecular flexibility index (Phi) is 7.26. The molecule has 1 unspecified atom stereocenters. The van der Waals surface area contributed by atoms with Gasteiger partial charge in [-0.25, -0.2) is 19.7 Å². The number of imidazole rings is 1. The standard InChI is InChI=1S/C29H38N6O2/c1-5-19-11-13-20(14-12-19)16-35-24-25(31-18(4)21-8-6-9-21)32-27(29(36)37)33-26(24)34-28(35)23-22(17(2)3)10-7-15-30-23/h7,10-11,15,17-18,20-21H,5-6,8-9,12-14,16H2,1-4H3,(H,36,37)(H,31,32,33)/t18-,20?/m1/s1. The molecule has 3 aromatic rings. The zero-order chi connectivity index (χ0) is 26.1. The van der Waals surface area contributed by atoms with Crippen molar-refractivity contribution < 1.29 is 9.90 Å². The summed E-state index contributed by atoms with van der Waals surface area (Å²) in [5.74, 6) is 1.19. The van der Waals surface area contributed by atoms with Crippen LogP contribution >= 0.6 is 0 Å². The molecule has 0 aromatic carbocycles. The van der Waals surface area contributed by atoms with Crippen molar-refractivity contribution in [1.29, 1.82) is 0 Å². The number of pyridine rings is 1. The van der Waals surface area contributed by atoms with E-state index in [2.05, 4.69) is 59.7 Å². The number of hydrogen-bond acceptors (Lipinski definition) is 6. The summed E-state index contributed by atoms with van der Waals surface area (Å²) in [7, 11) is 0. The Morgan fingerprint density at radius 1 is 1.19 bits per heavy atom. The molecule has 0 bridgehead atoms. The molecule has 0 aliphatic heterocycles. The first kappa shape index (κ1) is 25.4. The average molecular weight is 503 g/mol. The van der Waals surface area contributed by atoms with Gasteiger partial charge in [-0.3, -0.25) is 4.98 Å². The summed E-state index contributed by atoms with van der Waals surface area (Å²) in [6.45, 7) is 9.45. The van der Waals surface area contributed by atoms with E-state index in [1.54, 1.807) is 6.20 Å². The van der Waals surface area contributed by atoms with Crippen LogP contribution in [0.2, 0.25) is 0 Å². The molecule has 196 valence electrons. The maximum absolute atomic E-state index is 12.0. The van der Waals surface area contributed by atoms with Crippen molar-refractivity contribution in [3.05, 3.63) is 41.4 Å². The van der Waals surface area contributed by atoms with Crippen LogP contribution < -0.4 is 5.32 Å². The molecule has 5 rings (SSSR count). The second kappa shape index (κ2) is 10.6. The van der Waals surface area contributed by atoms with Gasteiger partial charge < -0.3 is 15.0 Å². The van der Waals surface area contributed by atoms with E-state index < -0.39 is 5.97 Å². The van der Waals surface area contributed by atoms with E-state index in [0.717, 1.165) is 54.8 Å². The smallest absolute Gasteiger partial charge is 0.374 e. The van der Waals surface area contributed by atoms with Crippen LogP contribution in [-0.4, -0.2) is 41.6 Å². The third-order valence-electron chi connectivity index (χ3n) is 8.20. The van der Waals surface area contributed by atoms with Crippen LogP contribution in [0.15, 0.2) is 30.0 Å². The Labute approximate surface area is 218 Å². The van der Waals surface area contributed by atoms with Crippen molar-refractivity contribution in [2.45, 2.75) is 91.1 Å². The van der Waals surface area contributed by atoms with Gasteiger partial charge in [0.15, 0.2) is 17.3 Å². The van der Waals surface area contributed by atoms with E-state index >= 15 is 0 Å². The molecule has 8 nitrogen and oxygen atoms in total. The van der Waals surface area contributed by atoms with Gasteiger partial charge in [-0.15, -0.1) is 0 Å². The summed E-state index contributed by atoms with van der Waals surface area (Å²) in [4.78, 5) is 30.6. The number of carboxylic acid groups (broad SMARTS) is 1. The van der Waals surface area contributed by atoms with E-state index in [0.29, 0.717) is 23.3 Å². The molecule has 1 saturated carbocycles. The largest absolute Gasteiger partial charge is 0.475 e. The highest BCUT2D eigenvalue weighted by atomic mass is 16.4. The van der Waals surface area contributed by atoms with E-state index in [9.17, 15) is 9.90 Å². The lowest BCUT2D eigenvalue weighted by atomic mass is 9.80. The van der Waals surface area contributed by atoms with Gasteiger partial charge in [-0.2, -0.15) is 0 Å². The lowest BCUT2D eigenvalue weighted by molar-refractivity contribution is 0.0684. The molecule has 2 aliphatic rings. The van der Waals surface area contributed by atoms with Crippen molar-refractivity contribution in [3.8, 4) is 11.5 Å². The Hall–Kier alpha value is -3.29. The monoisotopic (exact) mass is 502 g/mol. The van der Waals surface area contributed by atoms with Crippen molar-refractivity contribution in [2.75, 3.05) is 5.32 Å². The fraction of sp³-hybridized carbons (Fsp3) is 0.552. The van der Waals surface area contributed by atoms with Gasteiger partial charge in [-0.1, -0.05) is 44.9 Å². The maximum Gasteiger partial charge on any atom is 0.374 e. The molecule has 0 saturated heterocycles. The predicted octanol–water partition coefficient (Wildman–Crippen LogP) is 6.45. The van der Waals surface area contributed by atoms with Gasteiger partial charge in [-0.05, 0) is 74.8 Å². The van der Waals surface area contributed by atoms with Crippen LogP contribution in [0.25, 0.3) is 22.7 Å². The molecule has 8 heteroatoms. The number of nitrogens with zero attached hydrogens (tertiary/aromatic N) is 5. The molecule has 3 heterocycles. The molecule has 37 heavy (non-hydrogen) atoms. The van der Waals surface area contributed by atoms with Crippen LogP contribution in [0.5, 0.6) is 0 Å². The first-order valence-corrected chi connectivity index (χ1v) is 13.8. The van der Waals surface area contributed by atoms with Gasteiger partial charge in [0.05, 0.1) is 0 Å². The van der Waals surface area contributed by atoms with Crippen LogP contribution in [0.3, 0.4) is 0 Å². The molecule has 3 aromatic heterocycles.